The molecule has 2 nitrogen and oxygen atoms in total. The van der Waals surface area contributed by atoms with Crippen molar-refractivity contribution in [3.8, 4) is 22.3 Å². The van der Waals surface area contributed by atoms with Crippen LogP contribution in [0.5, 0.6) is 0 Å². The van der Waals surface area contributed by atoms with Crippen LogP contribution >= 0.6 is 0 Å². The molecule has 2 N–H and O–H groups in total. The van der Waals surface area contributed by atoms with Gasteiger partial charge in [0.1, 0.15) is 0 Å². The highest BCUT2D eigenvalue weighted by Gasteiger charge is 2.12. The van der Waals surface area contributed by atoms with E-state index in [1.165, 1.54) is 87.4 Å². The molecule has 0 saturated heterocycles. The van der Waals surface area contributed by atoms with E-state index in [1.807, 2.05) is 0 Å². The first kappa shape index (κ1) is 21.6. The maximum Gasteiger partial charge on any atom is 0.0544 e. The Morgan fingerprint density at radius 3 is 1.27 bits per heavy atom. The lowest BCUT2D eigenvalue weighted by molar-refractivity contribution is 1.54. The lowest BCUT2D eigenvalue weighted by atomic mass is 9.95. The van der Waals surface area contributed by atoms with Crippen molar-refractivity contribution in [2.45, 2.75) is 0 Å². The predicted molar refractivity (Wildman–Crippen MR) is 171 cm³/mol. The second kappa shape index (κ2) is 8.08. The number of H-pyrrole nitrogens is 2. The molecule has 0 unspecified atom stereocenters. The van der Waals surface area contributed by atoms with Gasteiger partial charge in [-0.1, -0.05) is 97.1 Å². The summed E-state index contributed by atoms with van der Waals surface area (Å²) in [5, 5.41) is 10.1. The van der Waals surface area contributed by atoms with Gasteiger partial charge in [0.25, 0.3) is 0 Å². The van der Waals surface area contributed by atoms with Gasteiger partial charge in [0.2, 0.25) is 0 Å². The lowest BCUT2D eigenvalue weighted by Gasteiger charge is -2.09. The molecule has 0 radical (unpaired) electrons. The van der Waals surface area contributed by atoms with Gasteiger partial charge in [0.15, 0.2) is 0 Å². The molecule has 186 valence electrons. The summed E-state index contributed by atoms with van der Waals surface area (Å²) in [4.78, 5) is 7.33. The van der Waals surface area contributed by atoms with E-state index >= 15 is 0 Å². The van der Waals surface area contributed by atoms with E-state index in [2.05, 4.69) is 143 Å². The first-order valence-corrected chi connectivity index (χ1v) is 13.8. The number of nitrogens with one attached hydrogen (secondary N) is 2. The summed E-state index contributed by atoms with van der Waals surface area (Å²) in [6.45, 7) is 0. The van der Waals surface area contributed by atoms with Gasteiger partial charge in [-0.15, -0.1) is 0 Å². The minimum atomic E-state index is 1.18. The third kappa shape index (κ3) is 3.11. The van der Waals surface area contributed by atoms with Crippen molar-refractivity contribution in [2.75, 3.05) is 0 Å². The molecular formula is C38H24N2. The molecule has 0 aliphatic heterocycles. The fourth-order valence-electron chi connectivity index (χ4n) is 6.56. The molecule has 0 fully saturated rings. The number of hydrogen-bond donors (Lipinski definition) is 2. The zero-order valence-corrected chi connectivity index (χ0v) is 21.7. The molecule has 0 aliphatic carbocycles. The summed E-state index contributed by atoms with van der Waals surface area (Å²) >= 11 is 0. The Bertz CT molecular complexity index is 2260. The zero-order chi connectivity index (χ0) is 26.2. The van der Waals surface area contributed by atoms with Crippen molar-refractivity contribution < 1.29 is 0 Å². The average Bonchev–Trinajstić information content (AvgIpc) is 3.58. The van der Waals surface area contributed by atoms with Gasteiger partial charge >= 0.3 is 0 Å². The molecule has 2 aromatic heterocycles. The number of aromatic amines is 2. The van der Waals surface area contributed by atoms with Crippen LogP contribution in [-0.2, 0) is 0 Å². The summed E-state index contributed by atoms with van der Waals surface area (Å²) in [5.74, 6) is 0. The minimum Gasteiger partial charge on any atom is -0.354 e. The number of hydrogen-bond acceptors (Lipinski definition) is 0. The molecule has 0 spiro atoms. The quantitative estimate of drug-likeness (QED) is 0.218. The smallest absolute Gasteiger partial charge is 0.0544 e. The topological polar surface area (TPSA) is 31.6 Å². The van der Waals surface area contributed by atoms with Crippen LogP contribution < -0.4 is 0 Å². The maximum atomic E-state index is 3.66. The molecule has 0 saturated carbocycles. The molecule has 0 aliphatic rings. The van der Waals surface area contributed by atoms with Crippen molar-refractivity contribution >= 4 is 65.2 Å². The summed E-state index contributed by atoms with van der Waals surface area (Å²) in [5.41, 5.74) is 9.66. The van der Waals surface area contributed by atoms with Crippen molar-refractivity contribution in [3.05, 3.63) is 133 Å². The van der Waals surface area contributed by atoms with E-state index in [1.54, 1.807) is 0 Å². The fraction of sp³-hybridized carbons (Fsp3) is 0. The van der Waals surface area contributed by atoms with Crippen molar-refractivity contribution in [3.63, 3.8) is 0 Å². The summed E-state index contributed by atoms with van der Waals surface area (Å²) in [7, 11) is 0. The third-order valence-corrected chi connectivity index (χ3v) is 8.50. The van der Waals surface area contributed by atoms with Gasteiger partial charge in [-0.05, 0) is 69.1 Å². The van der Waals surface area contributed by atoms with Gasteiger partial charge in [-0.3, -0.25) is 0 Å². The van der Waals surface area contributed by atoms with Crippen LogP contribution in [0, 0.1) is 0 Å². The largest absolute Gasteiger partial charge is 0.354 e. The number of rotatable bonds is 2. The molecule has 9 rings (SSSR count). The van der Waals surface area contributed by atoms with Crippen LogP contribution in [0.3, 0.4) is 0 Å². The Labute approximate surface area is 230 Å². The van der Waals surface area contributed by atoms with Crippen molar-refractivity contribution in [2.24, 2.45) is 0 Å². The monoisotopic (exact) mass is 508 g/mol. The van der Waals surface area contributed by atoms with Crippen LogP contribution in [0.15, 0.2) is 133 Å². The minimum absolute atomic E-state index is 1.18. The molecule has 9 aromatic rings. The van der Waals surface area contributed by atoms with E-state index in [9.17, 15) is 0 Å². The molecule has 0 bridgehead atoms. The summed E-state index contributed by atoms with van der Waals surface area (Å²) < 4.78 is 0. The molecule has 7 aromatic carbocycles. The Morgan fingerprint density at radius 2 is 0.775 bits per heavy atom. The highest BCUT2D eigenvalue weighted by atomic mass is 14.7. The Kier molecular flexibility index (Phi) is 4.36. The highest BCUT2D eigenvalue weighted by Crippen LogP contribution is 2.37. The molecule has 0 amide bonds. The molecule has 0 atom stereocenters. The van der Waals surface area contributed by atoms with E-state index in [4.69, 9.17) is 0 Å². The number of aromatic nitrogens is 2. The average molecular weight is 509 g/mol. The predicted octanol–water partition coefficient (Wildman–Crippen LogP) is 10.6. The first-order chi connectivity index (χ1) is 19.8. The second-order valence-electron chi connectivity index (χ2n) is 10.8. The van der Waals surface area contributed by atoms with Crippen LogP contribution in [0.1, 0.15) is 0 Å². The third-order valence-electron chi connectivity index (χ3n) is 8.50. The van der Waals surface area contributed by atoms with E-state index in [-0.39, 0.29) is 0 Å². The number of benzene rings is 7. The first-order valence-electron chi connectivity index (χ1n) is 13.8. The van der Waals surface area contributed by atoms with Crippen molar-refractivity contribution in [1.82, 2.24) is 9.97 Å². The molecule has 40 heavy (non-hydrogen) atoms. The zero-order valence-electron chi connectivity index (χ0n) is 21.7. The van der Waals surface area contributed by atoms with Crippen LogP contribution in [0.2, 0.25) is 0 Å². The van der Waals surface area contributed by atoms with Gasteiger partial charge in [-0.25, -0.2) is 0 Å². The van der Waals surface area contributed by atoms with Crippen LogP contribution in [0.4, 0.5) is 0 Å². The second-order valence-corrected chi connectivity index (χ2v) is 10.8. The highest BCUT2D eigenvalue weighted by molar-refractivity contribution is 6.14. The fourth-order valence-corrected chi connectivity index (χ4v) is 6.56. The maximum absolute atomic E-state index is 3.66. The Morgan fingerprint density at radius 1 is 0.325 bits per heavy atom. The van der Waals surface area contributed by atoms with E-state index in [0.717, 1.165) is 0 Å². The standard InChI is InChI=1S/C38H24N2/c1-3-13-35-31(7-1)33-11-5-9-29(37(33)39-35)25-17-15-23-20-28-22-26(18-16-24(28)19-27(23)21-25)30-10-6-12-34-32-8-2-4-14-36(32)40-38(30)34/h1-22,39-40H. The normalized spacial score (nSPS) is 12.0. The van der Waals surface area contributed by atoms with Crippen LogP contribution in [-0.4, -0.2) is 9.97 Å². The number of para-hydroxylation sites is 4. The van der Waals surface area contributed by atoms with E-state index in [0.29, 0.717) is 0 Å². The van der Waals surface area contributed by atoms with Gasteiger partial charge in [0, 0.05) is 43.7 Å². The molecule has 2 heteroatoms. The number of fused-ring (bicyclic) bond motifs is 8. The lowest BCUT2D eigenvalue weighted by Crippen LogP contribution is -1.84. The molecule has 2 heterocycles. The summed E-state index contributed by atoms with van der Waals surface area (Å²) in [6.07, 6.45) is 0. The van der Waals surface area contributed by atoms with Gasteiger partial charge in [-0.2, -0.15) is 0 Å². The van der Waals surface area contributed by atoms with Gasteiger partial charge in [0.05, 0.1) is 11.0 Å². The van der Waals surface area contributed by atoms with Crippen molar-refractivity contribution in [1.29, 1.82) is 0 Å². The SMILES string of the molecule is c1ccc2c(c1)[nH]c1c(-c3ccc4cc5cc(-c6cccc7c6[nH]c6ccccc67)ccc5cc4c3)cccc12. The summed E-state index contributed by atoms with van der Waals surface area (Å²) in [6, 6.07) is 48.6. The van der Waals surface area contributed by atoms with E-state index < -0.39 is 0 Å². The molecular weight excluding hydrogens is 484 g/mol. The Hall–Kier alpha value is -5.34. The van der Waals surface area contributed by atoms with Gasteiger partial charge < -0.3 is 9.97 Å². The van der Waals surface area contributed by atoms with Crippen LogP contribution in [0.25, 0.3) is 87.4 Å². The Balaban J connectivity index is 1.18.